The van der Waals surface area contributed by atoms with Crippen molar-refractivity contribution < 1.29 is 23.1 Å². The molecule has 7 nitrogen and oxygen atoms in total. The molecule has 0 saturated carbocycles. The summed E-state index contributed by atoms with van der Waals surface area (Å²) in [4.78, 5) is 26.8. The minimum Gasteiger partial charge on any atom is -0.495 e. The van der Waals surface area contributed by atoms with E-state index in [0.717, 1.165) is 6.07 Å². The van der Waals surface area contributed by atoms with E-state index >= 15 is 8.78 Å². The van der Waals surface area contributed by atoms with Crippen molar-refractivity contribution in [3.8, 4) is 11.8 Å². The van der Waals surface area contributed by atoms with E-state index in [1.165, 1.54) is 55.6 Å². The molecule has 238 valence electrons. The number of nitriles is 1. The standard InChI is InChI=1S/C34H36Cl2F2N4O3/c1-18(2)40-31(43)19-10-13-25(26(14-19)45-6)41-32(44)30-28(21-8-7-9-23(36)29(21)38)34(17-39,27(42-30)16-33(3,4)5)22-12-11-20(35)15-24(22)37/h7-15,18,27-28,30,42H,16H2,1-6H3,(H,40,43)(H,41,44)/t27-,28?,30+,34-/m0/s1. The van der Waals surface area contributed by atoms with Gasteiger partial charge in [-0.1, -0.05) is 62.2 Å². The van der Waals surface area contributed by atoms with Crippen LogP contribution in [0, 0.1) is 28.4 Å². The van der Waals surface area contributed by atoms with Gasteiger partial charge in [-0.25, -0.2) is 8.78 Å². The van der Waals surface area contributed by atoms with Crippen molar-refractivity contribution in [1.29, 1.82) is 5.26 Å². The lowest BCUT2D eigenvalue weighted by molar-refractivity contribution is -0.118. The summed E-state index contributed by atoms with van der Waals surface area (Å²) < 4.78 is 37.2. The molecule has 0 radical (unpaired) electrons. The average molecular weight is 658 g/mol. The second-order valence-corrected chi connectivity index (χ2v) is 13.6. The van der Waals surface area contributed by atoms with Gasteiger partial charge in [0.1, 0.15) is 22.8 Å². The number of ether oxygens (including phenoxy) is 1. The lowest BCUT2D eigenvalue weighted by atomic mass is 9.62. The Morgan fingerprint density at radius 1 is 1.11 bits per heavy atom. The first-order chi connectivity index (χ1) is 21.1. The summed E-state index contributed by atoms with van der Waals surface area (Å²) >= 11 is 12.3. The molecule has 2 amide bonds. The molecular formula is C34H36Cl2F2N4O3. The number of halogens is 4. The van der Waals surface area contributed by atoms with Crippen LogP contribution >= 0.6 is 23.2 Å². The van der Waals surface area contributed by atoms with Crippen LogP contribution in [0.25, 0.3) is 0 Å². The molecular weight excluding hydrogens is 621 g/mol. The van der Waals surface area contributed by atoms with Crippen molar-refractivity contribution in [2.45, 2.75) is 70.5 Å². The van der Waals surface area contributed by atoms with E-state index in [1.54, 1.807) is 0 Å². The third-order valence-corrected chi connectivity index (χ3v) is 8.40. The highest BCUT2D eigenvalue weighted by Crippen LogP contribution is 2.53. The Hall–Kier alpha value is -3.71. The number of benzene rings is 3. The fraction of sp³-hybridized carbons (Fsp3) is 0.382. The largest absolute Gasteiger partial charge is 0.495 e. The van der Waals surface area contributed by atoms with E-state index in [4.69, 9.17) is 27.9 Å². The second-order valence-electron chi connectivity index (χ2n) is 12.7. The maximum Gasteiger partial charge on any atom is 0.251 e. The van der Waals surface area contributed by atoms with Gasteiger partial charge in [0.05, 0.1) is 29.9 Å². The van der Waals surface area contributed by atoms with Crippen molar-refractivity contribution in [1.82, 2.24) is 10.6 Å². The van der Waals surface area contributed by atoms with E-state index in [1.807, 2.05) is 34.6 Å². The van der Waals surface area contributed by atoms with Crippen molar-refractivity contribution in [3.63, 3.8) is 0 Å². The van der Waals surface area contributed by atoms with Crippen LogP contribution < -0.4 is 20.7 Å². The van der Waals surface area contributed by atoms with E-state index < -0.39 is 41.0 Å². The van der Waals surface area contributed by atoms with Crippen LogP contribution in [-0.2, 0) is 10.2 Å². The lowest BCUT2D eigenvalue weighted by Crippen LogP contribution is -2.45. The number of anilines is 1. The molecule has 11 heteroatoms. The fourth-order valence-corrected chi connectivity index (χ4v) is 6.39. The Balaban J connectivity index is 1.89. The van der Waals surface area contributed by atoms with Gasteiger partial charge in [0.15, 0.2) is 0 Å². The van der Waals surface area contributed by atoms with Crippen LogP contribution in [0.4, 0.5) is 14.5 Å². The average Bonchev–Trinajstić information content (AvgIpc) is 3.27. The normalized spacial score (nSPS) is 21.3. The van der Waals surface area contributed by atoms with Gasteiger partial charge in [-0.05, 0) is 67.6 Å². The Morgan fingerprint density at radius 2 is 1.82 bits per heavy atom. The van der Waals surface area contributed by atoms with Crippen molar-refractivity contribution in [3.05, 3.63) is 93.0 Å². The van der Waals surface area contributed by atoms with Gasteiger partial charge >= 0.3 is 0 Å². The van der Waals surface area contributed by atoms with E-state index in [-0.39, 0.29) is 50.0 Å². The number of hydrogen-bond acceptors (Lipinski definition) is 5. The van der Waals surface area contributed by atoms with E-state index in [0.29, 0.717) is 12.0 Å². The predicted molar refractivity (Wildman–Crippen MR) is 172 cm³/mol. The van der Waals surface area contributed by atoms with Gasteiger partial charge in [-0.3, -0.25) is 9.59 Å². The molecule has 45 heavy (non-hydrogen) atoms. The zero-order chi connectivity index (χ0) is 33.3. The molecule has 1 fully saturated rings. The van der Waals surface area contributed by atoms with Gasteiger partial charge in [0, 0.05) is 34.2 Å². The number of hydrogen-bond donors (Lipinski definition) is 3. The van der Waals surface area contributed by atoms with Gasteiger partial charge in [0.2, 0.25) is 5.91 Å². The van der Waals surface area contributed by atoms with Crippen LogP contribution in [0.2, 0.25) is 10.0 Å². The van der Waals surface area contributed by atoms with E-state index in [9.17, 15) is 14.9 Å². The van der Waals surface area contributed by atoms with Crippen molar-refractivity contribution in [2.24, 2.45) is 5.41 Å². The summed E-state index contributed by atoms with van der Waals surface area (Å²) in [6, 6.07) is 13.1. The summed E-state index contributed by atoms with van der Waals surface area (Å²) in [6.07, 6.45) is 0.327. The van der Waals surface area contributed by atoms with Crippen LogP contribution in [0.5, 0.6) is 5.75 Å². The highest BCUT2D eigenvalue weighted by molar-refractivity contribution is 6.31. The molecule has 0 bridgehead atoms. The molecule has 4 atom stereocenters. The Labute approximate surface area is 272 Å². The SMILES string of the molecule is COc1cc(C(=O)NC(C)C)ccc1NC(=O)[C@@H]1N[C@@H](CC(C)(C)C)[C@](C#N)(c2ccc(Cl)cc2F)C1c1cccc(Cl)c1F. The highest BCUT2D eigenvalue weighted by Gasteiger charge is 2.61. The first kappa shape index (κ1) is 34.2. The summed E-state index contributed by atoms with van der Waals surface area (Å²) in [5.74, 6) is -3.52. The Kier molecular flexibility index (Phi) is 10.1. The summed E-state index contributed by atoms with van der Waals surface area (Å²) in [7, 11) is 1.40. The molecule has 0 aromatic heterocycles. The number of amides is 2. The second kappa shape index (κ2) is 13.3. The number of nitrogens with one attached hydrogen (secondary N) is 3. The molecule has 3 aromatic rings. The zero-order valence-electron chi connectivity index (χ0n) is 25.9. The Bertz CT molecular complexity index is 1650. The van der Waals surface area contributed by atoms with Gasteiger partial charge in [-0.15, -0.1) is 0 Å². The fourth-order valence-electron chi connectivity index (χ4n) is 6.05. The lowest BCUT2D eigenvalue weighted by Gasteiger charge is -2.37. The number of methoxy groups -OCH3 is 1. The predicted octanol–water partition coefficient (Wildman–Crippen LogP) is 7.38. The molecule has 1 aliphatic heterocycles. The molecule has 4 rings (SSSR count). The van der Waals surface area contributed by atoms with Gasteiger partial charge < -0.3 is 20.7 Å². The van der Waals surface area contributed by atoms with Crippen LogP contribution in [0.1, 0.15) is 68.4 Å². The number of nitrogens with zero attached hydrogens (tertiary/aromatic N) is 1. The molecule has 1 heterocycles. The summed E-state index contributed by atoms with van der Waals surface area (Å²) in [5, 5.41) is 19.8. The quantitative estimate of drug-likeness (QED) is 0.235. The zero-order valence-corrected chi connectivity index (χ0v) is 27.4. The number of carbonyl (C=O) groups is 2. The minimum absolute atomic E-state index is 0.0184. The smallest absolute Gasteiger partial charge is 0.251 e. The number of carbonyl (C=O) groups excluding carboxylic acids is 2. The maximum absolute atomic E-state index is 15.9. The maximum atomic E-state index is 15.9. The highest BCUT2D eigenvalue weighted by atomic mass is 35.5. The van der Waals surface area contributed by atoms with Crippen molar-refractivity contribution >= 4 is 40.7 Å². The first-order valence-electron chi connectivity index (χ1n) is 14.5. The Morgan fingerprint density at radius 3 is 2.42 bits per heavy atom. The van der Waals surface area contributed by atoms with Gasteiger partial charge in [0.25, 0.3) is 5.91 Å². The van der Waals surface area contributed by atoms with E-state index in [2.05, 4.69) is 22.0 Å². The first-order valence-corrected chi connectivity index (χ1v) is 15.2. The molecule has 1 unspecified atom stereocenters. The van der Waals surface area contributed by atoms with Crippen LogP contribution in [0.3, 0.4) is 0 Å². The minimum atomic E-state index is -1.77. The molecule has 3 aromatic carbocycles. The topological polar surface area (TPSA) is 103 Å². The monoisotopic (exact) mass is 656 g/mol. The van der Waals surface area contributed by atoms with Crippen molar-refractivity contribution in [2.75, 3.05) is 12.4 Å². The molecule has 1 saturated heterocycles. The molecule has 0 aliphatic carbocycles. The van der Waals surface area contributed by atoms with Crippen LogP contribution in [-0.4, -0.2) is 37.0 Å². The molecule has 1 aliphatic rings. The van der Waals surface area contributed by atoms with Gasteiger partial charge in [-0.2, -0.15) is 5.26 Å². The van der Waals surface area contributed by atoms with Crippen LogP contribution in [0.15, 0.2) is 54.6 Å². The molecule has 0 spiro atoms. The third kappa shape index (κ3) is 6.94. The third-order valence-electron chi connectivity index (χ3n) is 7.87. The summed E-state index contributed by atoms with van der Waals surface area (Å²) in [5.41, 5.74) is -1.62. The summed E-state index contributed by atoms with van der Waals surface area (Å²) in [6.45, 7) is 9.54. The number of rotatable bonds is 8. The molecule has 3 N–H and O–H groups in total.